The van der Waals surface area contributed by atoms with Gasteiger partial charge in [0, 0.05) is 9.75 Å². The lowest BCUT2D eigenvalue weighted by molar-refractivity contribution is 0.605. The number of aryl methyl sites for hydroxylation is 3. The van der Waals surface area contributed by atoms with E-state index in [9.17, 15) is 0 Å². The smallest absolute Gasteiger partial charge is 0.0671 e. The maximum Gasteiger partial charge on any atom is 0.0671 e. The van der Waals surface area contributed by atoms with Crippen LogP contribution in [0, 0.1) is 6.92 Å². The molecule has 1 nitrogen and oxygen atoms in total. The molecule has 0 aliphatic heterocycles. The van der Waals surface area contributed by atoms with Crippen LogP contribution in [0.3, 0.4) is 0 Å². The molecule has 2 rings (SSSR count). The first-order chi connectivity index (χ1) is 10.2. The van der Waals surface area contributed by atoms with Crippen molar-refractivity contribution in [2.24, 2.45) is 0 Å². The average Bonchev–Trinajstić information content (AvgIpc) is 2.93. The quantitative estimate of drug-likeness (QED) is 0.734. The number of hydrogen-bond acceptors (Lipinski definition) is 2. The van der Waals surface area contributed by atoms with Gasteiger partial charge < -0.3 is 5.32 Å². The fraction of sp³-hybridized carbons (Fsp3) is 0.474. The Labute approximate surface area is 133 Å². The van der Waals surface area contributed by atoms with Crippen molar-refractivity contribution in [1.82, 2.24) is 5.32 Å². The lowest BCUT2D eigenvalue weighted by Gasteiger charge is -2.19. The molecule has 1 heterocycles. The molecule has 0 bridgehead atoms. The van der Waals surface area contributed by atoms with Gasteiger partial charge in [-0.15, -0.1) is 11.3 Å². The van der Waals surface area contributed by atoms with Crippen LogP contribution >= 0.6 is 11.3 Å². The maximum atomic E-state index is 3.71. The summed E-state index contributed by atoms with van der Waals surface area (Å²) in [6.45, 7) is 9.95. The molecule has 0 spiro atoms. The maximum absolute atomic E-state index is 3.71. The summed E-state index contributed by atoms with van der Waals surface area (Å²) < 4.78 is 0. The number of benzene rings is 1. The van der Waals surface area contributed by atoms with Crippen molar-refractivity contribution in [1.29, 1.82) is 0 Å². The summed E-state index contributed by atoms with van der Waals surface area (Å²) in [4.78, 5) is 2.81. The predicted octanol–water partition coefficient (Wildman–Crippen LogP) is 5.27. The monoisotopic (exact) mass is 301 g/mol. The van der Waals surface area contributed by atoms with Crippen molar-refractivity contribution in [3.63, 3.8) is 0 Å². The van der Waals surface area contributed by atoms with Crippen molar-refractivity contribution >= 4 is 11.3 Å². The molecule has 114 valence electrons. The van der Waals surface area contributed by atoms with Gasteiger partial charge in [-0.1, -0.05) is 39.0 Å². The average molecular weight is 301 g/mol. The molecular formula is C19H27NS. The van der Waals surface area contributed by atoms with Crippen LogP contribution in [-0.4, -0.2) is 6.54 Å². The summed E-state index contributed by atoms with van der Waals surface area (Å²) >= 11 is 1.90. The molecule has 0 amide bonds. The molecule has 21 heavy (non-hydrogen) atoms. The third-order valence-electron chi connectivity index (χ3n) is 3.97. The lowest BCUT2D eigenvalue weighted by atomic mass is 9.96. The third-order valence-corrected chi connectivity index (χ3v) is 5.04. The van der Waals surface area contributed by atoms with Crippen molar-refractivity contribution in [3.05, 3.63) is 56.8 Å². The number of thiophene rings is 1. The van der Waals surface area contributed by atoms with Gasteiger partial charge in [0.25, 0.3) is 0 Å². The molecule has 1 unspecified atom stereocenters. The van der Waals surface area contributed by atoms with Crippen molar-refractivity contribution in [2.45, 2.75) is 53.0 Å². The van der Waals surface area contributed by atoms with E-state index in [1.165, 1.54) is 26.4 Å². The van der Waals surface area contributed by atoms with Gasteiger partial charge in [-0.25, -0.2) is 0 Å². The van der Waals surface area contributed by atoms with Gasteiger partial charge in [0.1, 0.15) is 0 Å². The molecule has 2 aromatic rings. The fourth-order valence-corrected chi connectivity index (χ4v) is 3.76. The Kier molecular flexibility index (Phi) is 6.01. The highest BCUT2D eigenvalue weighted by molar-refractivity contribution is 7.12. The van der Waals surface area contributed by atoms with E-state index in [1.807, 2.05) is 11.3 Å². The van der Waals surface area contributed by atoms with Crippen LogP contribution in [-0.2, 0) is 12.8 Å². The standard InChI is InChI=1S/C19H27NS/c1-5-12-20-19(18-11-8-14(4)21-18)17-10-9-15(6-2)16(7-3)13-17/h8-11,13,19-20H,5-7,12H2,1-4H3. The number of rotatable bonds is 7. The van der Waals surface area contributed by atoms with E-state index in [4.69, 9.17) is 0 Å². The summed E-state index contributed by atoms with van der Waals surface area (Å²) in [6.07, 6.45) is 3.39. The Balaban J connectivity index is 2.36. The normalized spacial score (nSPS) is 12.6. The summed E-state index contributed by atoms with van der Waals surface area (Å²) in [5.74, 6) is 0. The second-order valence-electron chi connectivity index (χ2n) is 5.57. The lowest BCUT2D eigenvalue weighted by Crippen LogP contribution is -2.22. The minimum atomic E-state index is 0.333. The van der Waals surface area contributed by atoms with Gasteiger partial charge in [-0.3, -0.25) is 0 Å². The van der Waals surface area contributed by atoms with Crippen LogP contribution in [0.5, 0.6) is 0 Å². The van der Waals surface area contributed by atoms with Gasteiger partial charge >= 0.3 is 0 Å². The zero-order valence-electron chi connectivity index (χ0n) is 13.7. The Hall–Kier alpha value is -1.12. The molecule has 0 aliphatic rings. The van der Waals surface area contributed by atoms with Crippen LogP contribution in [0.4, 0.5) is 0 Å². The van der Waals surface area contributed by atoms with E-state index >= 15 is 0 Å². The fourth-order valence-electron chi connectivity index (χ4n) is 2.78. The van der Waals surface area contributed by atoms with Gasteiger partial charge in [-0.2, -0.15) is 0 Å². The van der Waals surface area contributed by atoms with Gasteiger partial charge in [0.05, 0.1) is 6.04 Å². The first-order valence-corrected chi connectivity index (χ1v) is 8.92. The second-order valence-corrected chi connectivity index (χ2v) is 6.89. The minimum Gasteiger partial charge on any atom is -0.306 e. The summed E-state index contributed by atoms with van der Waals surface area (Å²) in [5, 5.41) is 3.71. The zero-order valence-corrected chi connectivity index (χ0v) is 14.5. The van der Waals surface area contributed by atoms with Crippen LogP contribution < -0.4 is 5.32 Å². The van der Waals surface area contributed by atoms with Gasteiger partial charge in [0.15, 0.2) is 0 Å². The van der Waals surface area contributed by atoms with E-state index in [0.717, 1.165) is 25.8 Å². The van der Waals surface area contributed by atoms with Crippen molar-refractivity contribution in [3.8, 4) is 0 Å². The zero-order chi connectivity index (χ0) is 15.2. The van der Waals surface area contributed by atoms with E-state index in [-0.39, 0.29) is 0 Å². The SMILES string of the molecule is CCCNC(c1ccc(CC)c(CC)c1)c1ccc(C)s1. The molecule has 0 saturated carbocycles. The molecular weight excluding hydrogens is 274 g/mol. The van der Waals surface area contributed by atoms with Crippen molar-refractivity contribution < 1.29 is 0 Å². The summed E-state index contributed by atoms with van der Waals surface area (Å²) in [7, 11) is 0. The molecule has 0 saturated heterocycles. The molecule has 2 heteroatoms. The van der Waals surface area contributed by atoms with E-state index < -0.39 is 0 Å². The Bertz CT molecular complexity index is 571. The predicted molar refractivity (Wildman–Crippen MR) is 94.4 cm³/mol. The molecule has 0 fully saturated rings. The van der Waals surface area contributed by atoms with Crippen LogP contribution in [0.2, 0.25) is 0 Å². The summed E-state index contributed by atoms with van der Waals surface area (Å²) in [6, 6.07) is 11.9. The largest absolute Gasteiger partial charge is 0.306 e. The minimum absolute atomic E-state index is 0.333. The third kappa shape index (κ3) is 3.96. The van der Waals surface area contributed by atoms with Crippen molar-refractivity contribution in [2.75, 3.05) is 6.54 Å². The molecule has 0 aliphatic carbocycles. The molecule has 1 N–H and O–H groups in total. The number of hydrogen-bond donors (Lipinski definition) is 1. The number of nitrogens with one attached hydrogen (secondary N) is 1. The Morgan fingerprint density at radius 1 is 1.00 bits per heavy atom. The first kappa shape index (κ1) is 16.3. The second kappa shape index (κ2) is 7.77. The molecule has 1 atom stereocenters. The Morgan fingerprint density at radius 3 is 2.33 bits per heavy atom. The summed E-state index contributed by atoms with van der Waals surface area (Å²) in [5.41, 5.74) is 4.38. The first-order valence-electron chi connectivity index (χ1n) is 8.10. The molecule has 1 aromatic carbocycles. The highest BCUT2D eigenvalue weighted by atomic mass is 32.1. The van der Waals surface area contributed by atoms with Gasteiger partial charge in [0.2, 0.25) is 0 Å². The molecule has 1 aromatic heterocycles. The highest BCUT2D eigenvalue weighted by Gasteiger charge is 2.16. The van der Waals surface area contributed by atoms with Gasteiger partial charge in [-0.05, 0) is 61.6 Å². The van der Waals surface area contributed by atoms with E-state index in [2.05, 4.69) is 63.3 Å². The molecule has 0 radical (unpaired) electrons. The van der Waals surface area contributed by atoms with E-state index in [1.54, 1.807) is 0 Å². The topological polar surface area (TPSA) is 12.0 Å². The van der Waals surface area contributed by atoms with Crippen LogP contribution in [0.15, 0.2) is 30.3 Å². The van der Waals surface area contributed by atoms with E-state index in [0.29, 0.717) is 6.04 Å². The van der Waals surface area contributed by atoms with Crippen LogP contribution in [0.25, 0.3) is 0 Å². The highest BCUT2D eigenvalue weighted by Crippen LogP contribution is 2.29. The Morgan fingerprint density at radius 2 is 1.76 bits per heavy atom. The van der Waals surface area contributed by atoms with Crippen LogP contribution in [0.1, 0.15) is 59.7 Å².